The first kappa shape index (κ1) is 15.5. The number of nitrogens with two attached hydrogens (primary N) is 1. The van der Waals surface area contributed by atoms with Crippen molar-refractivity contribution in [2.75, 3.05) is 12.3 Å². The molecule has 0 aliphatic rings. The van der Waals surface area contributed by atoms with Crippen LogP contribution in [0.3, 0.4) is 0 Å². The second kappa shape index (κ2) is 6.68. The van der Waals surface area contributed by atoms with E-state index in [1.54, 1.807) is 11.3 Å². The van der Waals surface area contributed by atoms with Gasteiger partial charge >= 0.3 is 5.69 Å². The average Bonchev–Trinajstić information content (AvgIpc) is 2.83. The molecule has 1 aromatic carbocycles. The number of carbonyl (C=O) groups excluding carboxylic acids is 1. The smallest absolute Gasteiger partial charge is 0.304 e. The first-order valence-corrected chi connectivity index (χ1v) is 7.65. The van der Waals surface area contributed by atoms with Gasteiger partial charge in [0.15, 0.2) is 0 Å². The minimum absolute atomic E-state index is 0.0187. The molecule has 0 saturated carbocycles. The molecular weight excluding hydrogens is 358 g/mol. The molecule has 0 fully saturated rings. The highest BCUT2D eigenvalue weighted by molar-refractivity contribution is 9.11. The summed E-state index contributed by atoms with van der Waals surface area (Å²) >= 11 is 4.95. The number of nitro benzene ring substituents is 1. The maximum atomic E-state index is 12.0. The van der Waals surface area contributed by atoms with Crippen molar-refractivity contribution in [2.45, 2.75) is 6.42 Å². The number of nitrogens with one attached hydrogen (secondary N) is 1. The summed E-state index contributed by atoms with van der Waals surface area (Å²) in [5, 5.41) is 13.7. The van der Waals surface area contributed by atoms with Crippen molar-refractivity contribution in [3.05, 3.63) is 54.7 Å². The minimum atomic E-state index is -0.638. The Hall–Kier alpha value is -1.93. The number of hydrogen-bond donors (Lipinski definition) is 2. The Labute approximate surface area is 133 Å². The molecule has 0 aliphatic carbocycles. The number of amides is 1. The predicted octanol–water partition coefficient (Wildman–Crippen LogP) is 2.97. The molecule has 0 spiro atoms. The molecule has 3 N–H and O–H groups in total. The maximum absolute atomic E-state index is 12.0. The molecule has 2 rings (SSSR count). The van der Waals surface area contributed by atoms with Gasteiger partial charge in [0.1, 0.15) is 11.3 Å². The van der Waals surface area contributed by atoms with Crippen LogP contribution < -0.4 is 11.1 Å². The van der Waals surface area contributed by atoms with Gasteiger partial charge in [-0.1, -0.05) is 6.07 Å². The van der Waals surface area contributed by atoms with Crippen molar-refractivity contribution in [1.29, 1.82) is 0 Å². The molecule has 110 valence electrons. The van der Waals surface area contributed by atoms with E-state index in [1.165, 1.54) is 18.2 Å². The number of halogens is 1. The van der Waals surface area contributed by atoms with E-state index < -0.39 is 10.8 Å². The van der Waals surface area contributed by atoms with E-state index >= 15 is 0 Å². The Morgan fingerprint density at radius 2 is 2.14 bits per heavy atom. The minimum Gasteiger partial charge on any atom is -0.393 e. The summed E-state index contributed by atoms with van der Waals surface area (Å²) in [6.45, 7) is 0.401. The van der Waals surface area contributed by atoms with Gasteiger partial charge in [0, 0.05) is 11.4 Å². The van der Waals surface area contributed by atoms with Crippen LogP contribution in [0.1, 0.15) is 15.2 Å². The largest absolute Gasteiger partial charge is 0.393 e. The highest BCUT2D eigenvalue weighted by Crippen LogP contribution is 2.26. The van der Waals surface area contributed by atoms with E-state index in [1.807, 2.05) is 12.1 Å². The number of para-hydroxylation sites is 1. The lowest BCUT2D eigenvalue weighted by atomic mass is 10.1. The first-order valence-electron chi connectivity index (χ1n) is 6.04. The Kier molecular flexibility index (Phi) is 4.92. The van der Waals surface area contributed by atoms with Gasteiger partial charge in [0.2, 0.25) is 0 Å². The molecule has 0 bridgehead atoms. The molecule has 2 aromatic rings. The summed E-state index contributed by atoms with van der Waals surface area (Å²) < 4.78 is 1.02. The third kappa shape index (κ3) is 3.79. The molecular formula is C13H12BrN3O3S. The number of anilines is 1. The van der Waals surface area contributed by atoms with Gasteiger partial charge in [0.05, 0.1) is 8.71 Å². The molecule has 1 aromatic heterocycles. The van der Waals surface area contributed by atoms with Gasteiger partial charge in [-0.2, -0.15) is 0 Å². The van der Waals surface area contributed by atoms with Crippen LogP contribution in [0, 0.1) is 10.1 Å². The van der Waals surface area contributed by atoms with Crippen LogP contribution in [0.25, 0.3) is 0 Å². The predicted molar refractivity (Wildman–Crippen MR) is 85.6 cm³/mol. The van der Waals surface area contributed by atoms with E-state index in [0.717, 1.165) is 8.66 Å². The van der Waals surface area contributed by atoms with Gasteiger partial charge in [-0.25, -0.2) is 0 Å². The number of hydrogen-bond acceptors (Lipinski definition) is 5. The van der Waals surface area contributed by atoms with E-state index in [-0.39, 0.29) is 16.9 Å². The highest BCUT2D eigenvalue weighted by Gasteiger charge is 2.22. The van der Waals surface area contributed by atoms with Crippen LogP contribution in [-0.2, 0) is 6.42 Å². The van der Waals surface area contributed by atoms with E-state index in [4.69, 9.17) is 5.73 Å². The lowest BCUT2D eigenvalue weighted by molar-refractivity contribution is -0.384. The molecule has 0 saturated heterocycles. The summed E-state index contributed by atoms with van der Waals surface area (Å²) in [6.07, 6.45) is 0.665. The van der Waals surface area contributed by atoms with Crippen LogP contribution >= 0.6 is 27.3 Å². The normalized spacial score (nSPS) is 10.3. The lowest BCUT2D eigenvalue weighted by Gasteiger charge is -2.06. The van der Waals surface area contributed by atoms with E-state index in [0.29, 0.717) is 13.0 Å². The number of nitro groups is 1. The van der Waals surface area contributed by atoms with Crippen molar-refractivity contribution in [1.82, 2.24) is 5.32 Å². The standard InChI is InChI=1S/C13H12BrN3O3S/c14-11-5-4-8(21-11)6-7-16-13(18)9-2-1-3-10(15)12(9)17(19)20/h1-5H,6-7,15H2,(H,16,18). The quantitative estimate of drug-likeness (QED) is 0.480. The molecule has 1 heterocycles. The van der Waals surface area contributed by atoms with Gasteiger partial charge < -0.3 is 11.1 Å². The van der Waals surface area contributed by atoms with Crippen LogP contribution in [0.15, 0.2) is 34.1 Å². The molecule has 0 atom stereocenters. The molecule has 1 amide bonds. The van der Waals surface area contributed by atoms with Crippen molar-refractivity contribution in [2.24, 2.45) is 0 Å². The van der Waals surface area contributed by atoms with Crippen LogP contribution in [0.5, 0.6) is 0 Å². The number of benzene rings is 1. The summed E-state index contributed by atoms with van der Waals surface area (Å²) in [6, 6.07) is 8.21. The fourth-order valence-corrected chi connectivity index (χ4v) is 3.31. The lowest BCUT2D eigenvalue weighted by Crippen LogP contribution is -2.26. The number of nitrogens with zero attached hydrogens (tertiary/aromatic N) is 1. The molecule has 0 aliphatic heterocycles. The Balaban J connectivity index is 2.04. The van der Waals surface area contributed by atoms with Crippen molar-refractivity contribution >= 4 is 44.5 Å². The second-order valence-electron chi connectivity index (χ2n) is 4.21. The van der Waals surface area contributed by atoms with Crippen LogP contribution in [-0.4, -0.2) is 17.4 Å². The molecule has 8 heteroatoms. The summed E-state index contributed by atoms with van der Waals surface area (Å²) in [7, 11) is 0. The third-order valence-corrected chi connectivity index (χ3v) is 4.46. The highest BCUT2D eigenvalue weighted by atomic mass is 79.9. The molecule has 0 radical (unpaired) electrons. The fourth-order valence-electron chi connectivity index (χ4n) is 1.83. The zero-order valence-electron chi connectivity index (χ0n) is 10.8. The summed E-state index contributed by atoms with van der Waals surface area (Å²) in [5.41, 5.74) is 5.16. The Morgan fingerprint density at radius 1 is 1.38 bits per heavy atom. The zero-order valence-corrected chi connectivity index (χ0v) is 13.2. The summed E-state index contributed by atoms with van der Waals surface area (Å²) in [4.78, 5) is 23.5. The van der Waals surface area contributed by atoms with Crippen molar-refractivity contribution in [3.8, 4) is 0 Å². The Bertz CT molecular complexity index is 687. The molecule has 0 unspecified atom stereocenters. The maximum Gasteiger partial charge on any atom is 0.304 e. The first-order chi connectivity index (χ1) is 9.99. The van der Waals surface area contributed by atoms with E-state index in [2.05, 4.69) is 21.2 Å². The number of nitrogen functional groups attached to an aromatic ring is 1. The van der Waals surface area contributed by atoms with Crippen molar-refractivity contribution < 1.29 is 9.72 Å². The number of rotatable bonds is 5. The van der Waals surface area contributed by atoms with Crippen LogP contribution in [0.4, 0.5) is 11.4 Å². The van der Waals surface area contributed by atoms with Crippen molar-refractivity contribution in [3.63, 3.8) is 0 Å². The Morgan fingerprint density at radius 3 is 2.76 bits per heavy atom. The monoisotopic (exact) mass is 369 g/mol. The molecule has 21 heavy (non-hydrogen) atoms. The third-order valence-electron chi connectivity index (χ3n) is 2.78. The van der Waals surface area contributed by atoms with E-state index in [9.17, 15) is 14.9 Å². The van der Waals surface area contributed by atoms with Gasteiger partial charge in [-0.15, -0.1) is 11.3 Å². The average molecular weight is 370 g/mol. The topological polar surface area (TPSA) is 98.3 Å². The van der Waals surface area contributed by atoms with Crippen LogP contribution in [0.2, 0.25) is 0 Å². The second-order valence-corrected chi connectivity index (χ2v) is 6.76. The zero-order chi connectivity index (χ0) is 15.4. The SMILES string of the molecule is Nc1cccc(C(=O)NCCc2ccc(Br)s2)c1[N+](=O)[O-]. The fraction of sp³-hybridized carbons (Fsp3) is 0.154. The summed E-state index contributed by atoms with van der Waals surface area (Å²) in [5.74, 6) is -0.496. The number of carbonyl (C=O) groups is 1. The molecule has 6 nitrogen and oxygen atoms in total. The van der Waals surface area contributed by atoms with Gasteiger partial charge in [-0.05, 0) is 46.6 Å². The van der Waals surface area contributed by atoms with Gasteiger partial charge in [-0.3, -0.25) is 14.9 Å². The number of thiophene rings is 1. The van der Waals surface area contributed by atoms with Gasteiger partial charge in [0.25, 0.3) is 5.91 Å².